The summed E-state index contributed by atoms with van der Waals surface area (Å²) in [6.07, 6.45) is 2.67. The van der Waals surface area contributed by atoms with Crippen LogP contribution in [0.2, 0.25) is 0 Å². The van der Waals surface area contributed by atoms with Gasteiger partial charge in [-0.05, 0) is 68.9 Å². The van der Waals surface area contributed by atoms with Crippen molar-refractivity contribution in [2.45, 2.75) is 40.0 Å². The highest BCUT2D eigenvalue weighted by molar-refractivity contribution is 6.06. The topological polar surface area (TPSA) is 79.7 Å². The standard InChI is InChI=1S/C30H28N2O5/c1-17-8-10-25-23(12-17)29(21-6-4-5-7-24(21)31-25)30(34)35-15-26(33)22-13-18(2)32(19(22)3)20-9-11-27-28(14-20)37-16-36-27/h4-7,9,11,13-14,17H,8,10,12,15-16H2,1-3H3/t17-/m0/s1. The molecule has 188 valence electrons. The number of para-hydroxylation sites is 1. The van der Waals surface area contributed by atoms with Crippen LogP contribution in [0.5, 0.6) is 11.5 Å². The number of Topliss-reactive ketones (excluding diaryl/α,β-unsaturated/α-hetero) is 1. The number of nitrogens with zero attached hydrogens (tertiary/aromatic N) is 2. The number of hydrogen-bond donors (Lipinski definition) is 0. The van der Waals surface area contributed by atoms with Gasteiger partial charge in [0.25, 0.3) is 0 Å². The van der Waals surface area contributed by atoms with E-state index in [1.54, 1.807) is 0 Å². The first-order valence-electron chi connectivity index (χ1n) is 12.6. The molecule has 0 spiro atoms. The minimum absolute atomic E-state index is 0.201. The number of aryl methyl sites for hydroxylation is 2. The molecule has 0 saturated heterocycles. The third kappa shape index (κ3) is 4.04. The molecule has 1 atom stereocenters. The summed E-state index contributed by atoms with van der Waals surface area (Å²) in [5.74, 6) is 1.13. The summed E-state index contributed by atoms with van der Waals surface area (Å²) in [5.41, 5.74) is 6.31. The van der Waals surface area contributed by atoms with Crippen LogP contribution in [0.15, 0.2) is 48.5 Å². The molecular formula is C30H28N2O5. The molecule has 7 heteroatoms. The Kier molecular flexibility index (Phi) is 5.71. The smallest absolute Gasteiger partial charge is 0.339 e. The van der Waals surface area contributed by atoms with E-state index in [-0.39, 0.29) is 19.2 Å². The van der Waals surface area contributed by atoms with E-state index in [2.05, 4.69) is 6.92 Å². The maximum absolute atomic E-state index is 13.4. The molecule has 0 unspecified atom stereocenters. The van der Waals surface area contributed by atoms with Crippen LogP contribution >= 0.6 is 0 Å². The van der Waals surface area contributed by atoms with Crippen molar-refractivity contribution in [3.63, 3.8) is 0 Å². The number of benzene rings is 2. The Hall–Kier alpha value is -4.13. The Labute approximate surface area is 215 Å². The van der Waals surface area contributed by atoms with Crippen LogP contribution in [0.3, 0.4) is 0 Å². The molecule has 2 aromatic carbocycles. The average Bonchev–Trinajstić information content (AvgIpc) is 3.48. The summed E-state index contributed by atoms with van der Waals surface area (Å²) in [4.78, 5) is 31.5. The van der Waals surface area contributed by atoms with Gasteiger partial charge in [0.05, 0.1) is 11.1 Å². The summed E-state index contributed by atoms with van der Waals surface area (Å²) in [5, 5.41) is 0.772. The minimum Gasteiger partial charge on any atom is -0.454 e. The van der Waals surface area contributed by atoms with Gasteiger partial charge in [0.15, 0.2) is 18.1 Å². The van der Waals surface area contributed by atoms with Crippen molar-refractivity contribution in [3.8, 4) is 17.2 Å². The first-order chi connectivity index (χ1) is 17.9. The Bertz CT molecular complexity index is 1570. The Morgan fingerprint density at radius 2 is 1.89 bits per heavy atom. The van der Waals surface area contributed by atoms with Gasteiger partial charge in [0.2, 0.25) is 12.6 Å². The number of pyridine rings is 1. The minimum atomic E-state index is -0.470. The van der Waals surface area contributed by atoms with Crippen LogP contribution in [0.4, 0.5) is 0 Å². The summed E-state index contributed by atoms with van der Waals surface area (Å²) in [6, 6.07) is 15.2. The lowest BCUT2D eigenvalue weighted by Gasteiger charge is -2.24. The van der Waals surface area contributed by atoms with E-state index in [0.29, 0.717) is 28.5 Å². The Morgan fingerprint density at radius 1 is 1.08 bits per heavy atom. The van der Waals surface area contributed by atoms with Crippen molar-refractivity contribution in [1.29, 1.82) is 0 Å². The molecule has 1 aliphatic heterocycles. The monoisotopic (exact) mass is 496 g/mol. The number of ketones is 1. The van der Waals surface area contributed by atoms with Crippen molar-refractivity contribution in [2.24, 2.45) is 5.92 Å². The van der Waals surface area contributed by atoms with Crippen molar-refractivity contribution < 1.29 is 23.8 Å². The zero-order chi connectivity index (χ0) is 25.7. The van der Waals surface area contributed by atoms with Gasteiger partial charge in [-0.15, -0.1) is 0 Å². The number of aromatic nitrogens is 2. The van der Waals surface area contributed by atoms with Crippen LogP contribution in [0.1, 0.15) is 56.7 Å². The van der Waals surface area contributed by atoms with E-state index in [9.17, 15) is 9.59 Å². The van der Waals surface area contributed by atoms with Gasteiger partial charge in [-0.1, -0.05) is 25.1 Å². The number of ether oxygens (including phenoxy) is 3. The van der Waals surface area contributed by atoms with Gasteiger partial charge in [-0.25, -0.2) is 4.79 Å². The van der Waals surface area contributed by atoms with Crippen LogP contribution in [0.25, 0.3) is 16.6 Å². The fourth-order valence-electron chi connectivity index (χ4n) is 5.54. The number of carbonyl (C=O) groups excluding carboxylic acids is 2. The number of hydrogen-bond acceptors (Lipinski definition) is 6. The molecule has 2 aromatic heterocycles. The molecule has 0 fully saturated rings. The van der Waals surface area contributed by atoms with Crippen LogP contribution in [-0.2, 0) is 17.6 Å². The summed E-state index contributed by atoms with van der Waals surface area (Å²) >= 11 is 0. The van der Waals surface area contributed by atoms with E-state index >= 15 is 0 Å². The SMILES string of the molecule is Cc1cc(C(=O)COC(=O)c2c3c(nc4ccccc24)CC[C@H](C)C3)c(C)n1-c1ccc2c(c1)OCO2. The Balaban J connectivity index is 1.27. The largest absolute Gasteiger partial charge is 0.454 e. The second-order valence-electron chi connectivity index (χ2n) is 9.93. The fraction of sp³-hybridized carbons (Fsp3) is 0.300. The van der Waals surface area contributed by atoms with Crippen molar-refractivity contribution in [3.05, 3.63) is 82.3 Å². The van der Waals surface area contributed by atoms with Gasteiger partial charge in [0, 0.05) is 39.8 Å². The first-order valence-corrected chi connectivity index (χ1v) is 12.6. The Morgan fingerprint density at radius 3 is 2.76 bits per heavy atom. The number of carbonyl (C=O) groups is 2. The van der Waals surface area contributed by atoms with Gasteiger partial charge in [-0.3, -0.25) is 9.78 Å². The molecule has 0 N–H and O–H groups in total. The maximum Gasteiger partial charge on any atom is 0.339 e. The second-order valence-corrected chi connectivity index (χ2v) is 9.93. The predicted molar refractivity (Wildman–Crippen MR) is 139 cm³/mol. The highest BCUT2D eigenvalue weighted by atomic mass is 16.7. The van der Waals surface area contributed by atoms with E-state index in [0.717, 1.165) is 58.5 Å². The van der Waals surface area contributed by atoms with Gasteiger partial charge in [-0.2, -0.15) is 0 Å². The molecule has 0 amide bonds. The van der Waals surface area contributed by atoms with Crippen LogP contribution < -0.4 is 9.47 Å². The maximum atomic E-state index is 13.4. The third-order valence-electron chi connectivity index (χ3n) is 7.39. The summed E-state index contributed by atoms with van der Waals surface area (Å²) in [6.45, 7) is 5.89. The molecule has 0 saturated carbocycles. The summed E-state index contributed by atoms with van der Waals surface area (Å²) in [7, 11) is 0. The highest BCUT2D eigenvalue weighted by Gasteiger charge is 2.27. The lowest BCUT2D eigenvalue weighted by molar-refractivity contribution is 0.0474. The normalized spacial score (nSPS) is 16.0. The molecule has 0 bridgehead atoms. The highest BCUT2D eigenvalue weighted by Crippen LogP contribution is 2.35. The predicted octanol–water partition coefficient (Wildman–Crippen LogP) is 5.54. The van der Waals surface area contributed by atoms with Crippen molar-refractivity contribution >= 4 is 22.7 Å². The first kappa shape index (κ1) is 23.3. The second kappa shape index (κ2) is 9.07. The molecule has 7 nitrogen and oxygen atoms in total. The van der Waals surface area contributed by atoms with Crippen molar-refractivity contribution in [2.75, 3.05) is 13.4 Å². The third-order valence-corrected chi connectivity index (χ3v) is 7.39. The zero-order valence-corrected chi connectivity index (χ0v) is 21.2. The lowest BCUT2D eigenvalue weighted by atomic mass is 9.84. The molecular weight excluding hydrogens is 468 g/mol. The fourth-order valence-corrected chi connectivity index (χ4v) is 5.54. The quantitative estimate of drug-likeness (QED) is 0.267. The van der Waals surface area contributed by atoms with Gasteiger partial charge in [0.1, 0.15) is 0 Å². The van der Waals surface area contributed by atoms with E-state index in [4.69, 9.17) is 19.2 Å². The molecule has 4 aromatic rings. The lowest BCUT2D eigenvalue weighted by Crippen LogP contribution is -2.21. The molecule has 6 rings (SSSR count). The van der Waals surface area contributed by atoms with Crippen molar-refractivity contribution in [1.82, 2.24) is 9.55 Å². The molecule has 2 aliphatic rings. The summed E-state index contributed by atoms with van der Waals surface area (Å²) < 4.78 is 18.6. The molecule has 37 heavy (non-hydrogen) atoms. The van der Waals surface area contributed by atoms with E-state index in [1.165, 1.54) is 0 Å². The average molecular weight is 497 g/mol. The number of esters is 1. The van der Waals surface area contributed by atoms with Crippen LogP contribution in [0, 0.1) is 19.8 Å². The van der Waals surface area contributed by atoms with Gasteiger partial charge < -0.3 is 18.8 Å². The number of rotatable bonds is 5. The molecule has 3 heterocycles. The molecule has 0 radical (unpaired) electrons. The number of fused-ring (bicyclic) bond motifs is 3. The molecule has 1 aliphatic carbocycles. The zero-order valence-electron chi connectivity index (χ0n) is 21.2. The van der Waals surface area contributed by atoms with E-state index in [1.807, 2.05) is 66.9 Å². The van der Waals surface area contributed by atoms with Crippen LogP contribution in [-0.4, -0.2) is 34.7 Å². The van der Waals surface area contributed by atoms with Gasteiger partial charge >= 0.3 is 5.97 Å². The van der Waals surface area contributed by atoms with E-state index < -0.39 is 5.97 Å².